The minimum atomic E-state index is -0.293. The minimum Gasteiger partial charge on any atom is -0.496 e. The normalized spacial score (nSPS) is 14.3. The second-order valence-electron chi connectivity index (χ2n) is 8.89. The summed E-state index contributed by atoms with van der Waals surface area (Å²) in [6.07, 6.45) is 5.12. The van der Waals surface area contributed by atoms with Crippen LogP contribution in [0.2, 0.25) is 5.15 Å². The van der Waals surface area contributed by atoms with Gasteiger partial charge in [-0.25, -0.2) is 9.97 Å². The summed E-state index contributed by atoms with van der Waals surface area (Å²) < 4.78 is 5.52. The molecule has 0 unspecified atom stereocenters. The molecule has 3 aromatic heterocycles. The number of rotatable bonds is 8. The number of amides is 1. The number of pyridine rings is 1. The van der Waals surface area contributed by atoms with E-state index in [1.54, 1.807) is 25.6 Å². The first kappa shape index (κ1) is 24.6. The summed E-state index contributed by atoms with van der Waals surface area (Å²) in [4.78, 5) is 35.7. The van der Waals surface area contributed by atoms with E-state index in [9.17, 15) is 4.79 Å². The number of carbonyl (C=O) groups is 1. The summed E-state index contributed by atoms with van der Waals surface area (Å²) in [6, 6.07) is 0. The van der Waals surface area contributed by atoms with Crippen LogP contribution in [0.25, 0.3) is 11.6 Å². The van der Waals surface area contributed by atoms with Crippen molar-refractivity contribution in [2.24, 2.45) is 5.92 Å². The Morgan fingerprint density at radius 2 is 2.03 bits per heavy atom. The van der Waals surface area contributed by atoms with Crippen LogP contribution >= 0.6 is 11.6 Å². The van der Waals surface area contributed by atoms with Gasteiger partial charge in [0, 0.05) is 35.8 Å². The number of fused-ring (bicyclic) bond motifs is 1. The zero-order valence-electron chi connectivity index (χ0n) is 20.4. The molecule has 0 aromatic carbocycles. The minimum absolute atomic E-state index is 0.0181. The highest BCUT2D eigenvalue weighted by Crippen LogP contribution is 2.41. The lowest BCUT2D eigenvalue weighted by molar-refractivity contribution is -0.113. The Morgan fingerprint density at radius 1 is 1.26 bits per heavy atom. The second-order valence-corrected chi connectivity index (χ2v) is 9.24. The number of H-pyrrole nitrogens is 1. The van der Waals surface area contributed by atoms with Crippen LogP contribution in [-0.4, -0.2) is 44.5 Å². The first-order chi connectivity index (χ1) is 16.7. The van der Waals surface area contributed by atoms with Crippen molar-refractivity contribution in [3.8, 4) is 5.75 Å². The lowest BCUT2D eigenvalue weighted by Gasteiger charge is -2.19. The Labute approximate surface area is 209 Å². The highest BCUT2D eigenvalue weighted by molar-refractivity contribution is 6.41. The first-order valence-electron chi connectivity index (χ1n) is 11.3. The van der Waals surface area contributed by atoms with Gasteiger partial charge in [-0.2, -0.15) is 4.98 Å². The van der Waals surface area contributed by atoms with E-state index in [1.165, 1.54) is 4.90 Å². The van der Waals surface area contributed by atoms with Gasteiger partial charge in [-0.3, -0.25) is 14.7 Å². The predicted molar refractivity (Wildman–Crippen MR) is 136 cm³/mol. The molecule has 1 aliphatic heterocycles. The van der Waals surface area contributed by atoms with Crippen molar-refractivity contribution in [2.45, 2.75) is 40.8 Å². The molecule has 4 heterocycles. The summed E-state index contributed by atoms with van der Waals surface area (Å²) >= 11 is 6.45. The second kappa shape index (κ2) is 10.0. The van der Waals surface area contributed by atoms with Crippen LogP contribution in [0.15, 0.2) is 12.4 Å². The predicted octanol–water partition coefficient (Wildman–Crippen LogP) is 3.29. The maximum Gasteiger partial charge on any atom is 0.260 e. The molecule has 0 atom stereocenters. The van der Waals surface area contributed by atoms with Crippen molar-refractivity contribution in [3.63, 3.8) is 0 Å². The topological polar surface area (TPSA) is 135 Å². The number of aromatic nitrogens is 5. The lowest BCUT2D eigenvalue weighted by Crippen LogP contribution is -2.27. The zero-order chi connectivity index (χ0) is 25.3. The number of halogens is 1. The number of nitrogens with one attached hydrogen (secondary N) is 2. The molecule has 1 amide bonds. The van der Waals surface area contributed by atoms with Crippen molar-refractivity contribution in [1.82, 2.24) is 30.2 Å². The Bertz CT molecular complexity index is 1300. The van der Waals surface area contributed by atoms with Gasteiger partial charge in [-0.1, -0.05) is 25.4 Å². The SMILES string of the molecule is COc1c(C)cnc(CN2C(=O)C(=Cc3ncc(CNCC(C)C)[nH]3)c3c(Cl)nc(N)nc32)c1C. The molecule has 1 aliphatic rings. The summed E-state index contributed by atoms with van der Waals surface area (Å²) in [7, 11) is 1.61. The highest BCUT2D eigenvalue weighted by Gasteiger charge is 2.37. The Morgan fingerprint density at radius 3 is 2.74 bits per heavy atom. The fourth-order valence-electron chi connectivity index (χ4n) is 4.05. The number of methoxy groups -OCH3 is 1. The molecule has 35 heavy (non-hydrogen) atoms. The molecule has 0 radical (unpaired) electrons. The highest BCUT2D eigenvalue weighted by atomic mass is 35.5. The number of nitrogens with two attached hydrogens (primary N) is 1. The van der Waals surface area contributed by atoms with Crippen LogP contribution in [-0.2, 0) is 17.9 Å². The molecule has 0 spiro atoms. The fourth-order valence-corrected chi connectivity index (χ4v) is 4.32. The van der Waals surface area contributed by atoms with E-state index in [1.807, 2.05) is 13.8 Å². The third kappa shape index (κ3) is 4.98. The van der Waals surface area contributed by atoms with E-state index >= 15 is 0 Å². The Balaban J connectivity index is 1.69. The van der Waals surface area contributed by atoms with E-state index in [4.69, 9.17) is 22.1 Å². The van der Waals surface area contributed by atoms with Gasteiger partial charge < -0.3 is 20.8 Å². The third-order valence-corrected chi connectivity index (χ3v) is 5.99. The van der Waals surface area contributed by atoms with Crippen molar-refractivity contribution in [1.29, 1.82) is 0 Å². The molecule has 0 bridgehead atoms. The van der Waals surface area contributed by atoms with E-state index in [2.05, 4.69) is 44.1 Å². The van der Waals surface area contributed by atoms with Crippen LogP contribution < -0.4 is 20.7 Å². The van der Waals surface area contributed by atoms with E-state index in [0.717, 1.165) is 29.1 Å². The number of hydrogen-bond acceptors (Lipinski definition) is 8. The van der Waals surface area contributed by atoms with E-state index < -0.39 is 0 Å². The number of aromatic amines is 1. The molecule has 0 aliphatic carbocycles. The molecule has 4 rings (SSSR count). The van der Waals surface area contributed by atoms with Gasteiger partial charge in [-0.15, -0.1) is 0 Å². The smallest absolute Gasteiger partial charge is 0.260 e. The van der Waals surface area contributed by atoms with Gasteiger partial charge >= 0.3 is 0 Å². The van der Waals surface area contributed by atoms with Gasteiger partial charge in [0.2, 0.25) is 5.95 Å². The average molecular weight is 497 g/mol. The maximum absolute atomic E-state index is 13.6. The first-order valence-corrected chi connectivity index (χ1v) is 11.7. The van der Waals surface area contributed by atoms with Gasteiger partial charge in [0.1, 0.15) is 16.7 Å². The lowest BCUT2D eigenvalue weighted by atomic mass is 10.1. The number of carbonyl (C=O) groups excluding carboxylic acids is 1. The quantitative estimate of drug-likeness (QED) is 0.319. The Hall–Kier alpha value is -3.50. The molecule has 10 nitrogen and oxygen atoms in total. The molecule has 0 fully saturated rings. The summed E-state index contributed by atoms with van der Waals surface area (Å²) in [5.74, 6) is 1.83. The van der Waals surface area contributed by atoms with Crippen molar-refractivity contribution >= 4 is 40.9 Å². The number of imidazole rings is 1. The molecule has 11 heteroatoms. The summed E-state index contributed by atoms with van der Waals surface area (Å²) in [6.45, 7) is 9.82. The zero-order valence-corrected chi connectivity index (χ0v) is 21.2. The van der Waals surface area contributed by atoms with E-state index in [0.29, 0.717) is 40.9 Å². The van der Waals surface area contributed by atoms with Crippen molar-refractivity contribution in [3.05, 3.63) is 51.4 Å². The van der Waals surface area contributed by atoms with Crippen LogP contribution in [0.4, 0.5) is 11.8 Å². The van der Waals surface area contributed by atoms with Crippen molar-refractivity contribution < 1.29 is 9.53 Å². The van der Waals surface area contributed by atoms with Crippen LogP contribution in [0, 0.1) is 19.8 Å². The molecule has 3 aromatic rings. The van der Waals surface area contributed by atoms with Gasteiger partial charge in [0.15, 0.2) is 5.82 Å². The average Bonchev–Trinajstić information content (AvgIpc) is 3.33. The molecule has 4 N–H and O–H groups in total. The van der Waals surface area contributed by atoms with Gasteiger partial charge in [-0.05, 0) is 32.4 Å². The largest absolute Gasteiger partial charge is 0.496 e. The number of ether oxygens (including phenoxy) is 1. The molecular formula is C24H29ClN8O2. The van der Waals surface area contributed by atoms with Crippen LogP contribution in [0.5, 0.6) is 5.75 Å². The summed E-state index contributed by atoms with van der Waals surface area (Å²) in [5.41, 5.74) is 9.96. The Kier molecular flexibility index (Phi) is 7.04. The van der Waals surface area contributed by atoms with Crippen LogP contribution in [0.1, 0.15) is 47.8 Å². The van der Waals surface area contributed by atoms with Gasteiger partial charge in [0.05, 0.1) is 30.5 Å². The number of nitrogens with zero attached hydrogens (tertiary/aromatic N) is 5. The number of aryl methyl sites for hydroxylation is 1. The number of hydrogen-bond donors (Lipinski definition) is 3. The maximum atomic E-state index is 13.6. The molecular weight excluding hydrogens is 468 g/mol. The standard InChI is InChI=1S/C24H29ClN8O2/c1-12(2)7-27-9-15-10-29-18(30-15)6-16-19-21(25)31-24(26)32-22(19)33(23(16)34)11-17-14(4)20(35-5)13(3)8-28-17/h6,8,10,12,27H,7,9,11H2,1-5H3,(H,29,30)(H2,26,31,32). The molecule has 0 saturated carbocycles. The number of nitrogen functional groups attached to an aromatic ring is 1. The third-order valence-electron chi connectivity index (χ3n) is 5.72. The van der Waals surface area contributed by atoms with E-state index in [-0.39, 0.29) is 23.6 Å². The molecule has 184 valence electrons. The van der Waals surface area contributed by atoms with Crippen molar-refractivity contribution in [2.75, 3.05) is 24.3 Å². The fraction of sp³-hybridized carbons (Fsp3) is 0.375. The summed E-state index contributed by atoms with van der Waals surface area (Å²) in [5, 5.41) is 3.46. The van der Waals surface area contributed by atoms with Gasteiger partial charge in [0.25, 0.3) is 5.91 Å². The monoisotopic (exact) mass is 496 g/mol. The molecule has 0 saturated heterocycles. The number of anilines is 2. The van der Waals surface area contributed by atoms with Crippen LogP contribution in [0.3, 0.4) is 0 Å².